The van der Waals surface area contributed by atoms with Gasteiger partial charge in [0, 0.05) is 35.4 Å². The fraction of sp³-hybridized carbons (Fsp3) is 0.286. The number of hydrogen-bond acceptors (Lipinski definition) is 2. The van der Waals surface area contributed by atoms with Gasteiger partial charge in [-0.1, -0.05) is 11.6 Å². The number of fused-ring (bicyclic) bond motifs is 1. The van der Waals surface area contributed by atoms with E-state index < -0.39 is 5.97 Å². The largest absolute Gasteiger partial charge is 0.481 e. The molecular weight excluding hydrogens is 299 g/mol. The fourth-order valence-corrected chi connectivity index (χ4v) is 2.63. The minimum atomic E-state index is -0.722. The molecule has 0 saturated heterocycles. The van der Waals surface area contributed by atoms with Gasteiger partial charge in [0.2, 0.25) is 0 Å². The molecule has 3 rings (SSSR count). The van der Waals surface area contributed by atoms with E-state index in [9.17, 15) is 4.79 Å². The van der Waals surface area contributed by atoms with E-state index in [4.69, 9.17) is 16.7 Å². The van der Waals surface area contributed by atoms with Crippen LogP contribution < -0.4 is 0 Å². The van der Waals surface area contributed by atoms with Crippen molar-refractivity contribution in [2.24, 2.45) is 5.92 Å². The number of rotatable bonds is 2. The average molecular weight is 313 g/mol. The van der Waals surface area contributed by atoms with Crippen LogP contribution in [0.2, 0.25) is 5.02 Å². The van der Waals surface area contributed by atoms with Gasteiger partial charge in [0.1, 0.15) is 5.82 Å². The SMILES string of the molecule is Cl.O=C(O)C1CCn2c(cnc2-c2ccc(Cl)cc2)C1. The normalized spacial score (nSPS) is 17.1. The first-order valence-corrected chi connectivity index (χ1v) is 6.56. The minimum Gasteiger partial charge on any atom is -0.481 e. The Labute approximate surface area is 127 Å². The van der Waals surface area contributed by atoms with Crippen LogP contribution in [0.1, 0.15) is 12.1 Å². The number of carboxylic acids is 1. The molecule has 1 aliphatic rings. The summed E-state index contributed by atoms with van der Waals surface area (Å²) in [5.41, 5.74) is 1.99. The number of imidazole rings is 1. The van der Waals surface area contributed by atoms with Crippen molar-refractivity contribution in [2.75, 3.05) is 0 Å². The second-order valence-corrected chi connectivity index (χ2v) is 5.20. The number of aliphatic carboxylic acids is 1. The first kappa shape index (κ1) is 14.9. The van der Waals surface area contributed by atoms with E-state index >= 15 is 0 Å². The van der Waals surface area contributed by atoms with E-state index in [2.05, 4.69) is 9.55 Å². The number of aromatic nitrogens is 2. The highest BCUT2D eigenvalue weighted by molar-refractivity contribution is 6.30. The predicted octanol–water partition coefficient (Wildman–Crippen LogP) is 3.27. The van der Waals surface area contributed by atoms with E-state index in [1.54, 1.807) is 6.20 Å². The summed E-state index contributed by atoms with van der Waals surface area (Å²) in [6.45, 7) is 0.699. The first-order chi connectivity index (χ1) is 9.15. The van der Waals surface area contributed by atoms with Crippen molar-refractivity contribution in [2.45, 2.75) is 19.4 Å². The van der Waals surface area contributed by atoms with Gasteiger partial charge in [-0.25, -0.2) is 4.98 Å². The summed E-state index contributed by atoms with van der Waals surface area (Å²) in [6.07, 6.45) is 2.98. The first-order valence-electron chi connectivity index (χ1n) is 6.18. The molecule has 106 valence electrons. The highest BCUT2D eigenvalue weighted by Gasteiger charge is 2.26. The number of carboxylic acid groups (broad SMARTS) is 1. The lowest BCUT2D eigenvalue weighted by Gasteiger charge is -2.22. The maximum atomic E-state index is 11.0. The zero-order valence-electron chi connectivity index (χ0n) is 10.6. The molecule has 1 aromatic carbocycles. The van der Waals surface area contributed by atoms with Crippen LogP contribution in [-0.4, -0.2) is 20.6 Å². The van der Waals surface area contributed by atoms with Crippen LogP contribution in [0.25, 0.3) is 11.4 Å². The zero-order valence-corrected chi connectivity index (χ0v) is 12.2. The molecule has 0 amide bonds. The summed E-state index contributed by atoms with van der Waals surface area (Å²) >= 11 is 5.88. The van der Waals surface area contributed by atoms with Crippen molar-refractivity contribution in [1.82, 2.24) is 9.55 Å². The molecule has 0 saturated carbocycles. The Morgan fingerprint density at radius 2 is 2.05 bits per heavy atom. The molecule has 1 aromatic heterocycles. The summed E-state index contributed by atoms with van der Waals surface area (Å²) in [5, 5.41) is 9.77. The van der Waals surface area contributed by atoms with Gasteiger partial charge < -0.3 is 9.67 Å². The van der Waals surface area contributed by atoms with E-state index in [1.807, 2.05) is 24.3 Å². The molecule has 4 nitrogen and oxygen atoms in total. The topological polar surface area (TPSA) is 55.1 Å². The molecular formula is C14H14Cl2N2O2. The summed E-state index contributed by atoms with van der Waals surface area (Å²) in [5.74, 6) is -0.127. The molecule has 0 fully saturated rings. The second-order valence-electron chi connectivity index (χ2n) is 4.76. The van der Waals surface area contributed by atoms with Crippen molar-refractivity contribution in [3.05, 3.63) is 41.2 Å². The second kappa shape index (κ2) is 5.85. The van der Waals surface area contributed by atoms with Crippen molar-refractivity contribution in [3.63, 3.8) is 0 Å². The number of hydrogen-bond donors (Lipinski definition) is 1. The number of carbonyl (C=O) groups is 1. The Morgan fingerprint density at radius 3 is 2.70 bits per heavy atom. The minimum absolute atomic E-state index is 0. The van der Waals surface area contributed by atoms with Crippen LogP contribution in [-0.2, 0) is 17.8 Å². The Kier molecular flexibility index (Phi) is 4.35. The Bertz CT molecular complexity index is 623. The number of nitrogens with zero attached hydrogens (tertiary/aromatic N) is 2. The van der Waals surface area contributed by atoms with E-state index in [-0.39, 0.29) is 18.3 Å². The van der Waals surface area contributed by atoms with Gasteiger partial charge in [0.05, 0.1) is 5.92 Å². The summed E-state index contributed by atoms with van der Waals surface area (Å²) in [6, 6.07) is 7.53. The van der Waals surface area contributed by atoms with E-state index in [1.165, 1.54) is 0 Å². The lowest BCUT2D eigenvalue weighted by atomic mass is 9.96. The Balaban J connectivity index is 0.00000147. The molecule has 2 aromatic rings. The molecule has 0 aliphatic carbocycles. The van der Waals surface area contributed by atoms with Crippen LogP contribution >= 0.6 is 24.0 Å². The van der Waals surface area contributed by atoms with Crippen LogP contribution in [0.4, 0.5) is 0 Å². The average Bonchev–Trinajstić information content (AvgIpc) is 2.82. The quantitative estimate of drug-likeness (QED) is 0.926. The van der Waals surface area contributed by atoms with Crippen LogP contribution in [0.15, 0.2) is 30.5 Å². The molecule has 0 radical (unpaired) electrons. The lowest BCUT2D eigenvalue weighted by molar-refractivity contribution is -0.142. The molecule has 2 heterocycles. The molecule has 20 heavy (non-hydrogen) atoms. The Hall–Kier alpha value is -1.52. The van der Waals surface area contributed by atoms with Gasteiger partial charge >= 0.3 is 5.97 Å². The molecule has 0 spiro atoms. The van der Waals surface area contributed by atoms with Gasteiger partial charge in [0.15, 0.2) is 0 Å². The van der Waals surface area contributed by atoms with Crippen molar-refractivity contribution >= 4 is 30.0 Å². The van der Waals surface area contributed by atoms with Gasteiger partial charge in [-0.15, -0.1) is 12.4 Å². The molecule has 1 aliphatic heterocycles. The van der Waals surface area contributed by atoms with Crippen LogP contribution in [0.5, 0.6) is 0 Å². The van der Waals surface area contributed by atoms with Crippen molar-refractivity contribution in [3.8, 4) is 11.4 Å². The molecule has 1 unspecified atom stereocenters. The third-order valence-electron chi connectivity index (χ3n) is 3.55. The molecule has 0 bridgehead atoms. The summed E-state index contributed by atoms with van der Waals surface area (Å²) < 4.78 is 2.10. The third-order valence-corrected chi connectivity index (χ3v) is 3.80. The van der Waals surface area contributed by atoms with Gasteiger partial charge in [0.25, 0.3) is 0 Å². The molecule has 1 N–H and O–H groups in total. The maximum Gasteiger partial charge on any atom is 0.306 e. The fourth-order valence-electron chi connectivity index (χ4n) is 2.50. The number of benzene rings is 1. The zero-order chi connectivity index (χ0) is 13.4. The predicted molar refractivity (Wildman–Crippen MR) is 79.4 cm³/mol. The maximum absolute atomic E-state index is 11.0. The standard InChI is InChI=1S/C14H13ClN2O2.ClH/c15-11-3-1-9(2-4-11)13-16-8-12-7-10(14(18)19)5-6-17(12)13;/h1-4,8,10H,5-7H2,(H,18,19);1H. The molecule has 1 atom stereocenters. The van der Waals surface area contributed by atoms with E-state index in [0.717, 1.165) is 17.1 Å². The highest BCUT2D eigenvalue weighted by Crippen LogP contribution is 2.27. The number of halogens is 2. The van der Waals surface area contributed by atoms with Crippen molar-refractivity contribution < 1.29 is 9.90 Å². The summed E-state index contributed by atoms with van der Waals surface area (Å²) in [7, 11) is 0. The van der Waals surface area contributed by atoms with Gasteiger partial charge in [-0.05, 0) is 30.7 Å². The van der Waals surface area contributed by atoms with Crippen LogP contribution in [0, 0.1) is 5.92 Å². The van der Waals surface area contributed by atoms with Gasteiger partial charge in [-0.2, -0.15) is 0 Å². The lowest BCUT2D eigenvalue weighted by Crippen LogP contribution is -2.25. The van der Waals surface area contributed by atoms with Gasteiger partial charge in [-0.3, -0.25) is 4.79 Å². The van der Waals surface area contributed by atoms with Crippen LogP contribution in [0.3, 0.4) is 0 Å². The Morgan fingerprint density at radius 1 is 1.35 bits per heavy atom. The third kappa shape index (κ3) is 2.67. The highest BCUT2D eigenvalue weighted by atomic mass is 35.5. The molecule has 6 heteroatoms. The van der Waals surface area contributed by atoms with Crippen molar-refractivity contribution in [1.29, 1.82) is 0 Å². The monoisotopic (exact) mass is 312 g/mol. The smallest absolute Gasteiger partial charge is 0.306 e. The van der Waals surface area contributed by atoms with E-state index in [0.29, 0.717) is 24.4 Å². The summed E-state index contributed by atoms with van der Waals surface area (Å²) in [4.78, 5) is 15.5.